The maximum Gasteiger partial charge on any atom is 0.573 e. The Bertz CT molecular complexity index is 424. The zero-order valence-corrected chi connectivity index (χ0v) is 8.49. The molecule has 0 aliphatic rings. The van der Waals surface area contributed by atoms with Crippen molar-refractivity contribution in [1.29, 1.82) is 5.26 Å². The molecule has 1 rings (SSSR count). The van der Waals surface area contributed by atoms with Crippen molar-refractivity contribution >= 4 is 15.9 Å². The minimum Gasteiger partial charge on any atom is -0.406 e. The maximum absolute atomic E-state index is 13.0. The lowest BCUT2D eigenvalue weighted by Gasteiger charge is -2.09. The molecular weight excluding hydrogens is 282 g/mol. The van der Waals surface area contributed by atoms with Crippen molar-refractivity contribution in [1.82, 2.24) is 0 Å². The van der Waals surface area contributed by atoms with Gasteiger partial charge in [-0.3, -0.25) is 0 Å². The smallest absolute Gasteiger partial charge is 0.406 e. The number of alkyl halides is 3. The second-order valence-corrected chi connectivity index (χ2v) is 3.28. The van der Waals surface area contributed by atoms with Crippen LogP contribution in [0.15, 0.2) is 16.6 Å². The van der Waals surface area contributed by atoms with Crippen LogP contribution in [0.4, 0.5) is 17.6 Å². The zero-order chi connectivity index (χ0) is 11.6. The molecular formula is C8H2BrF4NO. The zero-order valence-electron chi connectivity index (χ0n) is 6.90. The largest absolute Gasteiger partial charge is 0.573 e. The molecule has 0 aromatic heterocycles. The van der Waals surface area contributed by atoms with Gasteiger partial charge in [-0.15, -0.1) is 13.2 Å². The summed E-state index contributed by atoms with van der Waals surface area (Å²) in [6.07, 6.45) is -4.87. The van der Waals surface area contributed by atoms with E-state index in [0.29, 0.717) is 6.07 Å². The molecule has 0 atom stereocenters. The molecule has 1 aromatic carbocycles. The van der Waals surface area contributed by atoms with Crippen LogP contribution in [0.2, 0.25) is 0 Å². The molecule has 0 saturated heterocycles. The van der Waals surface area contributed by atoms with Gasteiger partial charge in [-0.2, -0.15) is 5.26 Å². The Morgan fingerprint density at radius 1 is 1.33 bits per heavy atom. The Morgan fingerprint density at radius 3 is 2.40 bits per heavy atom. The fourth-order valence-corrected chi connectivity index (χ4v) is 1.28. The normalized spacial score (nSPS) is 10.9. The molecule has 0 unspecified atom stereocenters. The minimum atomic E-state index is -4.87. The van der Waals surface area contributed by atoms with Gasteiger partial charge in [-0.1, -0.05) is 0 Å². The van der Waals surface area contributed by atoms with Gasteiger partial charge in [0.2, 0.25) is 0 Å². The molecule has 1 aromatic rings. The van der Waals surface area contributed by atoms with Gasteiger partial charge < -0.3 is 4.74 Å². The molecule has 0 heterocycles. The fourth-order valence-electron chi connectivity index (χ4n) is 0.838. The highest BCUT2D eigenvalue weighted by Crippen LogP contribution is 2.29. The van der Waals surface area contributed by atoms with Crippen LogP contribution in [0, 0.1) is 17.1 Å². The molecule has 7 heteroatoms. The summed E-state index contributed by atoms with van der Waals surface area (Å²) in [5.74, 6) is -1.57. The highest BCUT2D eigenvalue weighted by atomic mass is 79.9. The number of hydrogen-bond donors (Lipinski definition) is 0. The summed E-state index contributed by atoms with van der Waals surface area (Å²) in [5.41, 5.74) is -0.524. The number of nitriles is 1. The van der Waals surface area contributed by atoms with Crippen LogP contribution in [0.5, 0.6) is 5.75 Å². The Labute approximate surface area is 90.2 Å². The second-order valence-electron chi connectivity index (χ2n) is 2.43. The molecule has 0 radical (unpaired) electrons. The van der Waals surface area contributed by atoms with Gasteiger partial charge in [-0.25, -0.2) is 4.39 Å². The molecule has 2 nitrogen and oxygen atoms in total. The fraction of sp³-hybridized carbons (Fsp3) is 0.125. The second kappa shape index (κ2) is 4.06. The Kier molecular flexibility index (Phi) is 3.19. The number of rotatable bonds is 1. The van der Waals surface area contributed by atoms with Crippen molar-refractivity contribution in [2.75, 3.05) is 0 Å². The Hall–Kier alpha value is -1.29. The average Bonchev–Trinajstić information content (AvgIpc) is 2.08. The van der Waals surface area contributed by atoms with Gasteiger partial charge >= 0.3 is 6.36 Å². The summed E-state index contributed by atoms with van der Waals surface area (Å²) >= 11 is 2.67. The molecule has 0 amide bonds. The predicted molar refractivity (Wildman–Crippen MR) is 45.5 cm³/mol. The predicted octanol–water partition coefficient (Wildman–Crippen LogP) is 3.36. The Balaban J connectivity index is 3.13. The van der Waals surface area contributed by atoms with Crippen molar-refractivity contribution in [3.63, 3.8) is 0 Å². The highest BCUT2D eigenvalue weighted by molar-refractivity contribution is 9.10. The van der Waals surface area contributed by atoms with Crippen LogP contribution < -0.4 is 4.74 Å². The molecule has 0 fully saturated rings. The molecule has 0 saturated carbocycles. The molecule has 15 heavy (non-hydrogen) atoms. The van der Waals surface area contributed by atoms with E-state index < -0.39 is 23.5 Å². The first-order chi connectivity index (χ1) is 6.83. The minimum absolute atomic E-state index is 0.263. The lowest BCUT2D eigenvalue weighted by atomic mass is 10.2. The van der Waals surface area contributed by atoms with Crippen molar-refractivity contribution in [2.24, 2.45) is 0 Å². The van der Waals surface area contributed by atoms with Gasteiger partial charge in [0, 0.05) is 6.07 Å². The van der Waals surface area contributed by atoms with Gasteiger partial charge in [0.1, 0.15) is 11.8 Å². The summed E-state index contributed by atoms with van der Waals surface area (Å²) in [4.78, 5) is 0. The van der Waals surface area contributed by atoms with E-state index in [4.69, 9.17) is 5.26 Å². The summed E-state index contributed by atoms with van der Waals surface area (Å²) in [5, 5.41) is 8.42. The first-order valence-corrected chi connectivity index (χ1v) is 4.27. The topological polar surface area (TPSA) is 33.0 Å². The van der Waals surface area contributed by atoms with Crippen LogP contribution in [-0.2, 0) is 0 Å². The third-order valence-electron chi connectivity index (χ3n) is 1.36. The quantitative estimate of drug-likeness (QED) is 0.741. The van der Waals surface area contributed by atoms with Gasteiger partial charge in [0.25, 0.3) is 0 Å². The van der Waals surface area contributed by atoms with Crippen LogP contribution in [-0.4, -0.2) is 6.36 Å². The standard InChI is InChI=1S/C8H2BrF4NO/c9-6-2-5(15-8(11,12)13)1-4(3-14)7(6)10/h1-2H. The van der Waals surface area contributed by atoms with E-state index in [1.807, 2.05) is 0 Å². The summed E-state index contributed by atoms with van der Waals surface area (Å²) in [6, 6.07) is 2.88. The van der Waals surface area contributed by atoms with Crippen molar-refractivity contribution in [3.05, 3.63) is 28.0 Å². The average molecular weight is 284 g/mol. The molecule has 80 valence electrons. The van der Waals surface area contributed by atoms with Crippen LogP contribution in [0.3, 0.4) is 0 Å². The molecule has 0 spiro atoms. The van der Waals surface area contributed by atoms with Gasteiger partial charge in [0.05, 0.1) is 10.0 Å². The van der Waals surface area contributed by atoms with E-state index in [9.17, 15) is 17.6 Å². The monoisotopic (exact) mass is 283 g/mol. The van der Waals surface area contributed by atoms with Crippen molar-refractivity contribution in [2.45, 2.75) is 6.36 Å². The maximum atomic E-state index is 13.0. The lowest BCUT2D eigenvalue weighted by Crippen LogP contribution is -2.17. The SMILES string of the molecule is N#Cc1cc(OC(F)(F)F)cc(Br)c1F. The third-order valence-corrected chi connectivity index (χ3v) is 1.93. The van der Waals surface area contributed by atoms with Gasteiger partial charge in [0.15, 0.2) is 5.82 Å². The first-order valence-electron chi connectivity index (χ1n) is 3.48. The Morgan fingerprint density at radius 2 is 1.93 bits per heavy atom. The molecule has 0 bridgehead atoms. The first kappa shape index (κ1) is 11.8. The van der Waals surface area contributed by atoms with Crippen molar-refractivity contribution in [3.8, 4) is 11.8 Å². The van der Waals surface area contributed by atoms with E-state index in [-0.39, 0.29) is 4.47 Å². The third kappa shape index (κ3) is 3.09. The number of hydrogen-bond acceptors (Lipinski definition) is 2. The summed E-state index contributed by atoms with van der Waals surface area (Å²) in [7, 11) is 0. The highest BCUT2D eigenvalue weighted by Gasteiger charge is 2.31. The van der Waals surface area contributed by atoms with Gasteiger partial charge in [-0.05, 0) is 22.0 Å². The number of nitrogens with zero attached hydrogens (tertiary/aromatic N) is 1. The van der Waals surface area contributed by atoms with E-state index >= 15 is 0 Å². The van der Waals surface area contributed by atoms with Crippen LogP contribution in [0.1, 0.15) is 5.56 Å². The van der Waals surface area contributed by atoms with Crippen LogP contribution >= 0.6 is 15.9 Å². The number of halogens is 5. The lowest BCUT2D eigenvalue weighted by molar-refractivity contribution is -0.274. The van der Waals surface area contributed by atoms with Crippen LogP contribution in [0.25, 0.3) is 0 Å². The summed E-state index contributed by atoms with van der Waals surface area (Å²) in [6.45, 7) is 0. The number of ether oxygens (including phenoxy) is 1. The molecule has 0 aliphatic carbocycles. The van der Waals surface area contributed by atoms with E-state index in [0.717, 1.165) is 6.07 Å². The van der Waals surface area contributed by atoms with E-state index in [1.54, 1.807) is 0 Å². The van der Waals surface area contributed by atoms with E-state index in [1.165, 1.54) is 6.07 Å². The summed E-state index contributed by atoms with van der Waals surface area (Å²) < 4.78 is 51.7. The number of benzene rings is 1. The molecule has 0 N–H and O–H groups in total. The molecule has 0 aliphatic heterocycles. The van der Waals surface area contributed by atoms with Crippen molar-refractivity contribution < 1.29 is 22.3 Å². The van der Waals surface area contributed by atoms with E-state index in [2.05, 4.69) is 20.7 Å².